The van der Waals surface area contributed by atoms with E-state index in [9.17, 15) is 4.79 Å². The Balaban J connectivity index is 0.00000132. The van der Waals surface area contributed by atoms with Crippen molar-refractivity contribution in [1.82, 2.24) is 10.2 Å². The van der Waals surface area contributed by atoms with Gasteiger partial charge >= 0.3 is 0 Å². The Bertz CT molecular complexity index is 462. The summed E-state index contributed by atoms with van der Waals surface area (Å²) < 4.78 is 5.40. The van der Waals surface area contributed by atoms with Gasteiger partial charge in [-0.25, -0.2) is 0 Å². The summed E-state index contributed by atoms with van der Waals surface area (Å²) in [7, 11) is 0. The van der Waals surface area contributed by atoms with Gasteiger partial charge in [-0.2, -0.15) is 0 Å². The number of carbonyl (C=O) groups excluding carboxylic acids is 1. The molecule has 7 heteroatoms. The van der Waals surface area contributed by atoms with Crippen LogP contribution >= 0.6 is 24.8 Å². The van der Waals surface area contributed by atoms with Gasteiger partial charge in [0.25, 0.3) is 0 Å². The summed E-state index contributed by atoms with van der Waals surface area (Å²) in [4.78, 5) is 16.6. The Hall–Kier alpha value is -1.01. The van der Waals surface area contributed by atoms with E-state index in [0.29, 0.717) is 13.0 Å². The summed E-state index contributed by atoms with van der Waals surface area (Å²) in [6.07, 6.45) is 0.547. The zero-order chi connectivity index (χ0) is 14.5. The minimum absolute atomic E-state index is 0. The monoisotopic (exact) mass is 361 g/mol. The lowest BCUT2D eigenvalue weighted by molar-refractivity contribution is -0.132. The van der Waals surface area contributed by atoms with Crippen molar-refractivity contribution < 1.29 is 9.53 Å². The molecule has 2 fully saturated rings. The standard InChI is InChI=1S/C16H23N3O2.2ClH/c20-16(12-14-13-21-11-6-17-14)19-9-7-18(8-10-19)15-4-2-1-3-5-15;;/h1-5,14,17H,6-13H2;2*1H. The molecule has 0 bridgehead atoms. The van der Waals surface area contributed by atoms with Gasteiger partial charge in [0.05, 0.1) is 13.2 Å². The first-order valence-corrected chi connectivity index (χ1v) is 7.72. The molecule has 1 amide bonds. The van der Waals surface area contributed by atoms with Crippen molar-refractivity contribution in [2.45, 2.75) is 12.5 Å². The molecule has 5 nitrogen and oxygen atoms in total. The molecule has 0 aliphatic carbocycles. The Labute approximate surface area is 150 Å². The fraction of sp³-hybridized carbons (Fsp3) is 0.562. The van der Waals surface area contributed by atoms with Crippen molar-refractivity contribution >= 4 is 36.4 Å². The number of benzene rings is 1. The van der Waals surface area contributed by atoms with E-state index in [-0.39, 0.29) is 36.8 Å². The number of rotatable bonds is 3. The van der Waals surface area contributed by atoms with Crippen LogP contribution in [-0.2, 0) is 9.53 Å². The average molecular weight is 362 g/mol. The number of piperazine rings is 1. The van der Waals surface area contributed by atoms with Gasteiger partial charge in [-0.3, -0.25) is 4.79 Å². The lowest BCUT2D eigenvalue weighted by atomic mass is 10.1. The summed E-state index contributed by atoms with van der Waals surface area (Å²) in [6.45, 7) is 5.67. The van der Waals surface area contributed by atoms with E-state index in [1.165, 1.54) is 5.69 Å². The highest BCUT2D eigenvalue weighted by atomic mass is 35.5. The SMILES string of the molecule is Cl.Cl.O=C(CC1COCCN1)N1CCN(c2ccccc2)CC1. The van der Waals surface area contributed by atoms with Gasteiger partial charge in [-0.1, -0.05) is 18.2 Å². The molecule has 1 aromatic rings. The zero-order valence-electron chi connectivity index (χ0n) is 13.1. The van der Waals surface area contributed by atoms with Crippen molar-refractivity contribution in [2.75, 3.05) is 50.8 Å². The maximum atomic E-state index is 12.3. The number of amides is 1. The van der Waals surface area contributed by atoms with Gasteiger partial charge in [-0.05, 0) is 12.1 Å². The quantitative estimate of drug-likeness (QED) is 0.887. The molecule has 2 aliphatic rings. The molecule has 1 unspecified atom stereocenters. The molecule has 2 heterocycles. The summed E-state index contributed by atoms with van der Waals surface area (Å²) in [5, 5.41) is 3.34. The van der Waals surface area contributed by atoms with Gasteiger partial charge in [0, 0.05) is 50.9 Å². The maximum absolute atomic E-state index is 12.3. The number of para-hydroxylation sites is 1. The van der Waals surface area contributed by atoms with Crippen molar-refractivity contribution in [3.8, 4) is 0 Å². The third-order valence-corrected chi connectivity index (χ3v) is 4.17. The normalized spacial score (nSPS) is 21.1. The molecule has 2 saturated heterocycles. The molecular weight excluding hydrogens is 337 g/mol. The van der Waals surface area contributed by atoms with Gasteiger partial charge < -0.3 is 19.9 Å². The predicted octanol–water partition coefficient (Wildman–Crippen LogP) is 1.56. The Morgan fingerprint density at radius 1 is 1.13 bits per heavy atom. The van der Waals surface area contributed by atoms with Crippen LogP contribution in [-0.4, -0.2) is 62.8 Å². The predicted molar refractivity (Wildman–Crippen MR) is 97.0 cm³/mol. The van der Waals surface area contributed by atoms with Crippen LogP contribution in [0.5, 0.6) is 0 Å². The van der Waals surface area contributed by atoms with E-state index in [2.05, 4.69) is 34.5 Å². The van der Waals surface area contributed by atoms with Gasteiger partial charge in [0.1, 0.15) is 0 Å². The van der Waals surface area contributed by atoms with Gasteiger partial charge in [0.15, 0.2) is 0 Å². The van der Waals surface area contributed by atoms with Crippen molar-refractivity contribution in [1.29, 1.82) is 0 Å². The minimum Gasteiger partial charge on any atom is -0.378 e. The fourth-order valence-corrected chi connectivity index (χ4v) is 2.94. The largest absolute Gasteiger partial charge is 0.378 e. The summed E-state index contributed by atoms with van der Waals surface area (Å²) in [6, 6.07) is 10.6. The summed E-state index contributed by atoms with van der Waals surface area (Å²) in [5.74, 6) is 0.241. The zero-order valence-corrected chi connectivity index (χ0v) is 14.8. The molecule has 0 spiro atoms. The third-order valence-electron chi connectivity index (χ3n) is 4.17. The van der Waals surface area contributed by atoms with E-state index in [1.54, 1.807) is 0 Å². The van der Waals surface area contributed by atoms with E-state index < -0.39 is 0 Å². The molecule has 1 atom stereocenters. The lowest BCUT2D eigenvalue weighted by Crippen LogP contribution is -2.51. The van der Waals surface area contributed by atoms with Crippen LogP contribution in [0, 0.1) is 0 Å². The number of halogens is 2. The van der Waals surface area contributed by atoms with Crippen LogP contribution in [0.1, 0.15) is 6.42 Å². The Kier molecular flexibility index (Phi) is 8.69. The maximum Gasteiger partial charge on any atom is 0.224 e. The second kappa shape index (κ2) is 9.98. The van der Waals surface area contributed by atoms with E-state index in [4.69, 9.17) is 4.74 Å². The summed E-state index contributed by atoms with van der Waals surface area (Å²) in [5.41, 5.74) is 1.24. The van der Waals surface area contributed by atoms with Crippen LogP contribution in [0.15, 0.2) is 30.3 Å². The molecule has 23 heavy (non-hydrogen) atoms. The van der Waals surface area contributed by atoms with Gasteiger partial charge in [-0.15, -0.1) is 24.8 Å². The second-order valence-corrected chi connectivity index (χ2v) is 5.63. The van der Waals surface area contributed by atoms with Crippen LogP contribution in [0.25, 0.3) is 0 Å². The van der Waals surface area contributed by atoms with Crippen LogP contribution in [0.2, 0.25) is 0 Å². The highest BCUT2D eigenvalue weighted by Gasteiger charge is 2.24. The molecule has 0 radical (unpaired) electrons. The summed E-state index contributed by atoms with van der Waals surface area (Å²) >= 11 is 0. The van der Waals surface area contributed by atoms with Crippen LogP contribution in [0.3, 0.4) is 0 Å². The minimum atomic E-state index is 0. The number of ether oxygens (including phenoxy) is 1. The van der Waals surface area contributed by atoms with Crippen LogP contribution in [0.4, 0.5) is 5.69 Å². The number of anilines is 1. The number of hydrogen-bond acceptors (Lipinski definition) is 4. The highest BCUT2D eigenvalue weighted by Crippen LogP contribution is 2.16. The topological polar surface area (TPSA) is 44.8 Å². The first kappa shape index (κ1) is 20.0. The van der Waals surface area contributed by atoms with Crippen molar-refractivity contribution in [3.05, 3.63) is 30.3 Å². The molecule has 0 aromatic heterocycles. The lowest BCUT2D eigenvalue weighted by Gasteiger charge is -2.37. The van der Waals surface area contributed by atoms with E-state index in [0.717, 1.165) is 39.3 Å². The van der Waals surface area contributed by atoms with Crippen molar-refractivity contribution in [2.24, 2.45) is 0 Å². The first-order valence-electron chi connectivity index (χ1n) is 7.72. The molecule has 0 saturated carbocycles. The first-order chi connectivity index (χ1) is 10.3. The average Bonchev–Trinajstić information content (AvgIpc) is 2.57. The Morgan fingerprint density at radius 3 is 2.43 bits per heavy atom. The molecule has 3 rings (SSSR count). The molecule has 130 valence electrons. The fourth-order valence-electron chi connectivity index (χ4n) is 2.94. The molecule has 1 N–H and O–H groups in total. The highest BCUT2D eigenvalue weighted by molar-refractivity contribution is 5.85. The smallest absolute Gasteiger partial charge is 0.224 e. The van der Waals surface area contributed by atoms with E-state index >= 15 is 0 Å². The molecule has 1 aromatic carbocycles. The number of carbonyl (C=O) groups is 1. The molecular formula is C16H25Cl2N3O2. The van der Waals surface area contributed by atoms with Gasteiger partial charge in [0.2, 0.25) is 5.91 Å². The van der Waals surface area contributed by atoms with Crippen molar-refractivity contribution in [3.63, 3.8) is 0 Å². The number of nitrogens with one attached hydrogen (secondary N) is 1. The number of nitrogens with zero attached hydrogens (tertiary/aromatic N) is 2. The van der Waals surface area contributed by atoms with E-state index in [1.807, 2.05) is 11.0 Å². The molecule has 2 aliphatic heterocycles. The number of morpholine rings is 1. The Morgan fingerprint density at radius 2 is 1.83 bits per heavy atom. The number of hydrogen-bond donors (Lipinski definition) is 1. The third kappa shape index (κ3) is 5.53. The second-order valence-electron chi connectivity index (χ2n) is 5.63. The van der Waals surface area contributed by atoms with Crippen LogP contribution < -0.4 is 10.2 Å².